The van der Waals surface area contributed by atoms with Crippen molar-refractivity contribution < 1.29 is 9.53 Å². The number of thiophene rings is 1. The number of hydrogen-bond donors (Lipinski definition) is 0. The minimum Gasteiger partial charge on any atom is -0.444 e. The molecule has 1 atom stereocenters. The zero-order valence-electron chi connectivity index (χ0n) is 13.6. The molecule has 0 radical (unpaired) electrons. The van der Waals surface area contributed by atoms with Crippen LogP contribution >= 0.6 is 11.3 Å². The normalized spacial score (nSPS) is 25.4. The van der Waals surface area contributed by atoms with Gasteiger partial charge in [0.2, 0.25) is 0 Å². The summed E-state index contributed by atoms with van der Waals surface area (Å²) in [5, 5.41) is 4.12. The standard InChI is InChI=1S/C19H22N2O2S/c22-19(23-18-13-20-9-6-16(18)7-10-20)21(12-15-8-11-24-14-15)17-4-2-1-3-5-17/h1-5,8,11,14,16,18H,6-7,9-10,12-13H2/t18-/m0/s1. The lowest BCUT2D eigenvalue weighted by atomic mass is 9.86. The fourth-order valence-corrected chi connectivity index (χ4v) is 4.33. The Kier molecular flexibility index (Phi) is 4.54. The SMILES string of the molecule is O=C(O[C@H]1CN2CCC1CC2)N(Cc1ccsc1)c1ccccc1. The Hall–Kier alpha value is -1.85. The highest BCUT2D eigenvalue weighted by molar-refractivity contribution is 7.07. The van der Waals surface area contributed by atoms with E-state index in [0.717, 1.165) is 43.7 Å². The number of nitrogens with zero attached hydrogens (tertiary/aromatic N) is 2. The molecule has 0 aliphatic carbocycles. The molecule has 0 unspecified atom stereocenters. The lowest BCUT2D eigenvalue weighted by Crippen LogP contribution is -2.53. The van der Waals surface area contributed by atoms with Crippen LogP contribution in [0.15, 0.2) is 47.2 Å². The first-order valence-electron chi connectivity index (χ1n) is 8.56. The van der Waals surface area contributed by atoms with Crippen LogP contribution in [0, 0.1) is 5.92 Å². The predicted molar refractivity (Wildman–Crippen MR) is 96.4 cm³/mol. The first-order valence-corrected chi connectivity index (χ1v) is 9.50. The highest BCUT2D eigenvalue weighted by Gasteiger charge is 2.37. The van der Waals surface area contributed by atoms with E-state index in [0.29, 0.717) is 12.5 Å². The maximum absolute atomic E-state index is 12.9. The van der Waals surface area contributed by atoms with Gasteiger partial charge in [0.15, 0.2) is 0 Å². The number of rotatable bonds is 4. The van der Waals surface area contributed by atoms with Gasteiger partial charge in [-0.25, -0.2) is 4.79 Å². The van der Waals surface area contributed by atoms with Crippen molar-refractivity contribution in [2.24, 2.45) is 5.92 Å². The Morgan fingerprint density at radius 3 is 2.62 bits per heavy atom. The van der Waals surface area contributed by atoms with E-state index in [4.69, 9.17) is 4.74 Å². The summed E-state index contributed by atoms with van der Waals surface area (Å²) in [5.41, 5.74) is 2.02. The van der Waals surface area contributed by atoms with E-state index in [1.807, 2.05) is 35.7 Å². The van der Waals surface area contributed by atoms with Crippen LogP contribution < -0.4 is 4.90 Å². The molecule has 2 bridgehead atoms. The van der Waals surface area contributed by atoms with Gasteiger partial charge in [-0.15, -0.1) is 0 Å². The molecule has 4 heterocycles. The van der Waals surface area contributed by atoms with E-state index in [2.05, 4.69) is 16.3 Å². The van der Waals surface area contributed by atoms with Crippen molar-refractivity contribution in [1.82, 2.24) is 4.90 Å². The van der Waals surface area contributed by atoms with Crippen LogP contribution in [0.1, 0.15) is 18.4 Å². The van der Waals surface area contributed by atoms with Gasteiger partial charge in [0.25, 0.3) is 0 Å². The van der Waals surface area contributed by atoms with Gasteiger partial charge >= 0.3 is 6.09 Å². The van der Waals surface area contributed by atoms with Gasteiger partial charge in [-0.3, -0.25) is 9.80 Å². The number of hydrogen-bond acceptors (Lipinski definition) is 4. The van der Waals surface area contributed by atoms with Crippen molar-refractivity contribution in [3.05, 3.63) is 52.7 Å². The Morgan fingerprint density at radius 2 is 2.00 bits per heavy atom. The van der Waals surface area contributed by atoms with Crippen molar-refractivity contribution in [2.75, 3.05) is 24.5 Å². The van der Waals surface area contributed by atoms with Crippen molar-refractivity contribution in [3.8, 4) is 0 Å². The number of amides is 1. The molecule has 24 heavy (non-hydrogen) atoms. The molecule has 0 N–H and O–H groups in total. The summed E-state index contributed by atoms with van der Waals surface area (Å²) in [6, 6.07) is 11.9. The first-order chi connectivity index (χ1) is 11.8. The van der Waals surface area contributed by atoms with Crippen molar-refractivity contribution in [1.29, 1.82) is 0 Å². The van der Waals surface area contributed by atoms with E-state index in [1.54, 1.807) is 16.2 Å². The molecule has 4 nitrogen and oxygen atoms in total. The summed E-state index contributed by atoms with van der Waals surface area (Å²) in [7, 11) is 0. The van der Waals surface area contributed by atoms with Crippen molar-refractivity contribution in [2.45, 2.75) is 25.5 Å². The van der Waals surface area contributed by atoms with Crippen LogP contribution in [0.4, 0.5) is 10.5 Å². The van der Waals surface area contributed by atoms with E-state index < -0.39 is 0 Å². The molecule has 1 aromatic carbocycles. The van der Waals surface area contributed by atoms with Gasteiger partial charge in [-0.1, -0.05) is 18.2 Å². The molecule has 3 fully saturated rings. The van der Waals surface area contributed by atoms with Crippen molar-refractivity contribution >= 4 is 23.1 Å². The second-order valence-corrected chi connectivity index (χ2v) is 7.39. The number of anilines is 1. The minimum absolute atomic E-state index is 0.0358. The van der Waals surface area contributed by atoms with Crippen LogP contribution in [0.5, 0.6) is 0 Å². The number of fused-ring (bicyclic) bond motifs is 3. The molecule has 5 rings (SSSR count). The van der Waals surface area contributed by atoms with Gasteiger partial charge < -0.3 is 4.74 Å². The molecule has 3 aliphatic heterocycles. The maximum Gasteiger partial charge on any atom is 0.414 e. The summed E-state index contributed by atoms with van der Waals surface area (Å²) < 4.78 is 5.94. The minimum atomic E-state index is -0.230. The molecule has 2 aromatic rings. The largest absolute Gasteiger partial charge is 0.444 e. The highest BCUT2D eigenvalue weighted by Crippen LogP contribution is 2.30. The Bertz CT molecular complexity index is 666. The van der Waals surface area contributed by atoms with Crippen LogP contribution in [-0.4, -0.2) is 36.7 Å². The zero-order valence-corrected chi connectivity index (χ0v) is 14.5. The van der Waals surface area contributed by atoms with Crippen LogP contribution in [-0.2, 0) is 11.3 Å². The summed E-state index contributed by atoms with van der Waals surface area (Å²) in [5.74, 6) is 0.526. The summed E-state index contributed by atoms with van der Waals surface area (Å²) in [4.78, 5) is 17.1. The van der Waals surface area contributed by atoms with E-state index >= 15 is 0 Å². The Balaban J connectivity index is 1.50. The van der Waals surface area contributed by atoms with E-state index in [9.17, 15) is 4.79 Å². The monoisotopic (exact) mass is 342 g/mol. The lowest BCUT2D eigenvalue weighted by Gasteiger charge is -2.44. The molecular weight excluding hydrogens is 320 g/mol. The van der Waals surface area contributed by atoms with E-state index in [1.165, 1.54) is 0 Å². The molecule has 126 valence electrons. The van der Waals surface area contributed by atoms with Gasteiger partial charge in [-0.2, -0.15) is 11.3 Å². The predicted octanol–water partition coefficient (Wildman–Crippen LogP) is 3.99. The third-order valence-corrected chi connectivity index (χ3v) is 5.79. The fourth-order valence-electron chi connectivity index (χ4n) is 3.67. The average Bonchev–Trinajstić information content (AvgIpc) is 3.14. The topological polar surface area (TPSA) is 32.8 Å². The van der Waals surface area contributed by atoms with E-state index in [-0.39, 0.29) is 12.2 Å². The Labute approximate surface area is 146 Å². The second-order valence-electron chi connectivity index (χ2n) is 6.61. The quantitative estimate of drug-likeness (QED) is 0.842. The molecular formula is C19H22N2O2S. The second kappa shape index (κ2) is 6.95. The maximum atomic E-state index is 12.9. The number of ether oxygens (including phenoxy) is 1. The third kappa shape index (κ3) is 3.32. The lowest BCUT2D eigenvalue weighted by molar-refractivity contribution is -0.0311. The number of piperidine rings is 3. The van der Waals surface area contributed by atoms with Crippen molar-refractivity contribution in [3.63, 3.8) is 0 Å². The number of para-hydroxylation sites is 1. The van der Waals surface area contributed by atoms with Gasteiger partial charge in [0, 0.05) is 12.2 Å². The highest BCUT2D eigenvalue weighted by atomic mass is 32.1. The van der Waals surface area contributed by atoms with Gasteiger partial charge in [0.05, 0.1) is 6.54 Å². The fraction of sp³-hybridized carbons (Fsp3) is 0.421. The number of carbonyl (C=O) groups excluding carboxylic acids is 1. The van der Waals surface area contributed by atoms with Gasteiger partial charge in [0.1, 0.15) is 6.10 Å². The molecule has 0 saturated carbocycles. The van der Waals surface area contributed by atoms with Crippen LogP contribution in [0.25, 0.3) is 0 Å². The van der Waals surface area contributed by atoms with Gasteiger partial charge in [-0.05, 0) is 66.4 Å². The molecule has 1 aromatic heterocycles. The Morgan fingerprint density at radius 1 is 1.21 bits per heavy atom. The molecule has 3 aliphatic rings. The molecule has 0 spiro atoms. The smallest absolute Gasteiger partial charge is 0.414 e. The third-order valence-electron chi connectivity index (χ3n) is 5.06. The molecule has 5 heteroatoms. The summed E-state index contributed by atoms with van der Waals surface area (Å²) in [6.07, 6.45) is 2.10. The first kappa shape index (κ1) is 15.7. The zero-order chi connectivity index (χ0) is 16.4. The van der Waals surface area contributed by atoms with Crippen LogP contribution in [0.2, 0.25) is 0 Å². The average molecular weight is 342 g/mol. The number of carbonyl (C=O) groups is 1. The molecule has 3 saturated heterocycles. The summed E-state index contributed by atoms with van der Waals surface area (Å²) >= 11 is 1.65. The van der Waals surface area contributed by atoms with Crippen LogP contribution in [0.3, 0.4) is 0 Å². The summed E-state index contributed by atoms with van der Waals surface area (Å²) in [6.45, 7) is 3.73. The number of benzene rings is 1. The molecule has 1 amide bonds.